The molecule has 138 valence electrons. The summed E-state index contributed by atoms with van der Waals surface area (Å²) in [6.45, 7) is 6.09. The molecular formula is C21H25NO4. The fourth-order valence-electron chi connectivity index (χ4n) is 2.36. The first-order chi connectivity index (χ1) is 12.4. The zero-order valence-corrected chi connectivity index (χ0v) is 15.6. The molecule has 2 rings (SSSR count). The summed E-state index contributed by atoms with van der Waals surface area (Å²) in [5, 5.41) is 2.76. The largest absolute Gasteiger partial charge is 0.497 e. The van der Waals surface area contributed by atoms with Crippen LogP contribution in [0.15, 0.2) is 48.5 Å². The molecule has 0 aliphatic carbocycles. The van der Waals surface area contributed by atoms with E-state index in [9.17, 15) is 9.59 Å². The molecule has 1 amide bonds. The van der Waals surface area contributed by atoms with Crippen LogP contribution in [0.25, 0.3) is 0 Å². The van der Waals surface area contributed by atoms with Gasteiger partial charge in [0.05, 0.1) is 12.7 Å². The van der Waals surface area contributed by atoms with Crippen LogP contribution in [-0.2, 0) is 16.1 Å². The summed E-state index contributed by atoms with van der Waals surface area (Å²) >= 11 is 0. The molecular weight excluding hydrogens is 330 g/mol. The Morgan fingerprint density at radius 3 is 2.12 bits per heavy atom. The summed E-state index contributed by atoms with van der Waals surface area (Å²) < 4.78 is 10.3. The van der Waals surface area contributed by atoms with Gasteiger partial charge in [0.2, 0.25) is 0 Å². The fourth-order valence-corrected chi connectivity index (χ4v) is 2.36. The Hall–Kier alpha value is -2.82. The van der Waals surface area contributed by atoms with E-state index in [0.717, 1.165) is 16.9 Å². The molecule has 5 heteroatoms. The number of carbonyl (C=O) groups excluding carboxylic acids is 2. The Balaban J connectivity index is 1.86. The summed E-state index contributed by atoms with van der Waals surface area (Å²) in [7, 11) is 1.60. The minimum atomic E-state index is -0.870. The van der Waals surface area contributed by atoms with Crippen molar-refractivity contribution in [2.24, 2.45) is 0 Å². The lowest BCUT2D eigenvalue weighted by Crippen LogP contribution is -2.35. The number of ether oxygens (including phenoxy) is 2. The first-order valence-electron chi connectivity index (χ1n) is 8.62. The molecule has 0 aromatic heterocycles. The zero-order chi connectivity index (χ0) is 19.1. The highest BCUT2D eigenvalue weighted by Gasteiger charge is 2.18. The molecule has 0 aliphatic heterocycles. The summed E-state index contributed by atoms with van der Waals surface area (Å²) in [5.41, 5.74) is 2.51. The van der Waals surface area contributed by atoms with Crippen LogP contribution in [0, 0.1) is 0 Å². The van der Waals surface area contributed by atoms with Gasteiger partial charge in [-0.25, -0.2) is 4.79 Å². The predicted molar refractivity (Wildman–Crippen MR) is 100 cm³/mol. The monoisotopic (exact) mass is 355 g/mol. The highest BCUT2D eigenvalue weighted by Crippen LogP contribution is 2.15. The predicted octanol–water partition coefficient (Wildman–Crippen LogP) is 3.68. The van der Waals surface area contributed by atoms with Gasteiger partial charge in [-0.15, -0.1) is 0 Å². The summed E-state index contributed by atoms with van der Waals surface area (Å²) in [5.74, 6) is 0.300. The van der Waals surface area contributed by atoms with Crippen LogP contribution in [0.2, 0.25) is 0 Å². The van der Waals surface area contributed by atoms with E-state index in [-0.39, 0.29) is 5.91 Å². The van der Waals surface area contributed by atoms with E-state index in [4.69, 9.17) is 9.47 Å². The zero-order valence-electron chi connectivity index (χ0n) is 15.6. The minimum absolute atomic E-state index is 0.340. The van der Waals surface area contributed by atoms with E-state index in [1.165, 1.54) is 0 Å². The van der Waals surface area contributed by atoms with Crippen LogP contribution in [0.1, 0.15) is 48.2 Å². The second-order valence-corrected chi connectivity index (χ2v) is 6.39. The van der Waals surface area contributed by atoms with Crippen molar-refractivity contribution in [3.8, 4) is 5.75 Å². The molecule has 0 radical (unpaired) electrons. The van der Waals surface area contributed by atoms with E-state index in [1.807, 2.05) is 36.4 Å². The van der Waals surface area contributed by atoms with Crippen molar-refractivity contribution in [3.05, 3.63) is 65.2 Å². The van der Waals surface area contributed by atoms with Crippen molar-refractivity contribution in [3.63, 3.8) is 0 Å². The number of carbonyl (C=O) groups is 2. The van der Waals surface area contributed by atoms with Gasteiger partial charge in [0.15, 0.2) is 6.10 Å². The average Bonchev–Trinajstić information content (AvgIpc) is 2.66. The molecule has 0 saturated carbocycles. The highest BCUT2D eigenvalue weighted by molar-refractivity contribution is 5.92. The molecule has 0 fully saturated rings. The van der Waals surface area contributed by atoms with Crippen molar-refractivity contribution in [2.75, 3.05) is 7.11 Å². The molecule has 0 unspecified atom stereocenters. The van der Waals surface area contributed by atoms with Crippen LogP contribution in [0.4, 0.5) is 0 Å². The highest BCUT2D eigenvalue weighted by atomic mass is 16.5. The molecule has 0 bridgehead atoms. The topological polar surface area (TPSA) is 64.6 Å². The molecule has 1 N–H and O–H groups in total. The van der Waals surface area contributed by atoms with Gasteiger partial charge in [-0.2, -0.15) is 0 Å². The first-order valence-corrected chi connectivity index (χ1v) is 8.62. The van der Waals surface area contributed by atoms with E-state index in [2.05, 4.69) is 19.2 Å². The van der Waals surface area contributed by atoms with Crippen molar-refractivity contribution in [1.82, 2.24) is 5.32 Å². The second-order valence-electron chi connectivity index (χ2n) is 6.39. The number of benzene rings is 2. The van der Waals surface area contributed by atoms with Gasteiger partial charge in [-0.3, -0.25) is 4.79 Å². The number of rotatable bonds is 7. The quantitative estimate of drug-likeness (QED) is 0.770. The molecule has 2 aromatic rings. The van der Waals surface area contributed by atoms with Crippen molar-refractivity contribution in [1.29, 1.82) is 0 Å². The maximum Gasteiger partial charge on any atom is 0.338 e. The summed E-state index contributed by atoms with van der Waals surface area (Å²) in [6, 6.07) is 14.6. The Morgan fingerprint density at radius 2 is 1.58 bits per heavy atom. The van der Waals surface area contributed by atoms with Gasteiger partial charge < -0.3 is 14.8 Å². The Kier molecular flexibility index (Phi) is 6.78. The molecule has 5 nitrogen and oxygen atoms in total. The number of nitrogens with one attached hydrogen (secondary N) is 1. The van der Waals surface area contributed by atoms with Gasteiger partial charge in [-0.05, 0) is 48.2 Å². The molecule has 2 aromatic carbocycles. The fraction of sp³-hybridized carbons (Fsp3) is 0.333. The third-order valence-corrected chi connectivity index (χ3v) is 4.09. The van der Waals surface area contributed by atoms with E-state index in [0.29, 0.717) is 18.0 Å². The third kappa shape index (κ3) is 5.34. The molecule has 0 aliphatic rings. The normalized spacial score (nSPS) is 11.7. The lowest BCUT2D eigenvalue weighted by atomic mass is 10.0. The number of esters is 1. The van der Waals surface area contributed by atoms with Gasteiger partial charge in [-0.1, -0.05) is 38.1 Å². The summed E-state index contributed by atoms with van der Waals surface area (Å²) in [4.78, 5) is 24.3. The van der Waals surface area contributed by atoms with Gasteiger partial charge >= 0.3 is 5.97 Å². The van der Waals surface area contributed by atoms with Gasteiger partial charge in [0.1, 0.15) is 5.75 Å². The Labute approximate surface area is 154 Å². The van der Waals surface area contributed by atoms with Crippen molar-refractivity contribution < 1.29 is 19.1 Å². The standard InChI is InChI=1S/C21H25NO4/c1-14(2)17-7-9-18(10-8-17)21(24)26-15(3)20(23)22-13-16-5-11-19(25-4)12-6-16/h5-12,14-15H,13H2,1-4H3,(H,22,23)/t15-/m1/s1. The smallest absolute Gasteiger partial charge is 0.338 e. The first kappa shape index (κ1) is 19.5. The SMILES string of the molecule is COc1ccc(CNC(=O)[C@@H](C)OC(=O)c2ccc(C(C)C)cc2)cc1. The number of amides is 1. The van der Waals surface area contributed by atoms with Crippen LogP contribution in [0.5, 0.6) is 5.75 Å². The second kappa shape index (κ2) is 9.04. The number of hydrogen-bond donors (Lipinski definition) is 1. The number of hydrogen-bond acceptors (Lipinski definition) is 4. The number of methoxy groups -OCH3 is 1. The van der Waals surface area contributed by atoms with Gasteiger partial charge in [0.25, 0.3) is 5.91 Å². The van der Waals surface area contributed by atoms with E-state index in [1.54, 1.807) is 26.2 Å². The maximum absolute atomic E-state index is 12.2. The Bertz CT molecular complexity index is 736. The Morgan fingerprint density at radius 1 is 0.962 bits per heavy atom. The maximum atomic E-state index is 12.2. The van der Waals surface area contributed by atoms with E-state index >= 15 is 0 Å². The van der Waals surface area contributed by atoms with Crippen molar-refractivity contribution in [2.45, 2.75) is 39.3 Å². The molecule has 0 saturated heterocycles. The summed E-state index contributed by atoms with van der Waals surface area (Å²) in [6.07, 6.45) is -0.870. The van der Waals surface area contributed by atoms with Gasteiger partial charge in [0, 0.05) is 6.54 Å². The lowest BCUT2D eigenvalue weighted by Gasteiger charge is -2.14. The van der Waals surface area contributed by atoms with Crippen LogP contribution in [-0.4, -0.2) is 25.1 Å². The van der Waals surface area contributed by atoms with Crippen molar-refractivity contribution >= 4 is 11.9 Å². The molecule has 0 spiro atoms. The molecule has 1 atom stereocenters. The molecule has 0 heterocycles. The molecule has 26 heavy (non-hydrogen) atoms. The minimum Gasteiger partial charge on any atom is -0.497 e. The van der Waals surface area contributed by atoms with E-state index < -0.39 is 12.1 Å². The third-order valence-electron chi connectivity index (χ3n) is 4.09. The van der Waals surface area contributed by atoms with Crippen LogP contribution < -0.4 is 10.1 Å². The van der Waals surface area contributed by atoms with Crippen LogP contribution in [0.3, 0.4) is 0 Å². The van der Waals surface area contributed by atoms with Crippen LogP contribution >= 0.6 is 0 Å². The lowest BCUT2D eigenvalue weighted by molar-refractivity contribution is -0.129. The average molecular weight is 355 g/mol.